The van der Waals surface area contributed by atoms with Crippen molar-refractivity contribution in [3.05, 3.63) is 141 Å². The van der Waals surface area contributed by atoms with Crippen LogP contribution in [0, 0.1) is 11.6 Å². The molecule has 2 N–H and O–H groups in total. The van der Waals surface area contributed by atoms with Crippen LogP contribution in [0.2, 0.25) is 0 Å². The maximum atomic E-state index is 14.5. The van der Waals surface area contributed by atoms with Crippen molar-refractivity contribution in [2.45, 2.75) is 31.0 Å². The summed E-state index contributed by atoms with van der Waals surface area (Å²) in [6.45, 7) is 0.137. The van der Waals surface area contributed by atoms with Crippen LogP contribution in [0.15, 0.2) is 107 Å². The molecule has 0 radical (unpaired) electrons. The highest BCUT2D eigenvalue weighted by molar-refractivity contribution is 6.01. The molecule has 224 valence electrons. The van der Waals surface area contributed by atoms with Gasteiger partial charge in [-0.3, -0.25) is 4.79 Å². The second-order valence-electron chi connectivity index (χ2n) is 10.1. The average molecular weight is 598 g/mol. The zero-order valence-corrected chi connectivity index (χ0v) is 23.6. The highest BCUT2D eigenvalue weighted by atomic mass is 19.1. The van der Waals surface area contributed by atoms with E-state index in [0.29, 0.717) is 29.9 Å². The van der Waals surface area contributed by atoms with Crippen molar-refractivity contribution in [1.82, 2.24) is 5.32 Å². The molecule has 2 atom stereocenters. The first-order valence-electron chi connectivity index (χ1n) is 13.9. The van der Waals surface area contributed by atoms with Crippen molar-refractivity contribution in [2.75, 3.05) is 13.2 Å². The van der Waals surface area contributed by atoms with Crippen molar-refractivity contribution >= 4 is 17.5 Å². The number of aliphatic hydroxyl groups is 1. The molecule has 1 aliphatic heterocycles. The van der Waals surface area contributed by atoms with Gasteiger partial charge in [-0.1, -0.05) is 65.8 Å². The van der Waals surface area contributed by atoms with Gasteiger partial charge in [0.2, 0.25) is 5.90 Å². The van der Waals surface area contributed by atoms with Crippen LogP contribution >= 0.6 is 0 Å². The van der Waals surface area contributed by atoms with Crippen LogP contribution in [0.25, 0.3) is 10.4 Å². The minimum absolute atomic E-state index is 0.0147. The highest BCUT2D eigenvalue weighted by Gasteiger charge is 2.53. The predicted octanol–water partition coefficient (Wildman–Crippen LogP) is 6.48. The zero-order chi connectivity index (χ0) is 30.9. The lowest BCUT2D eigenvalue weighted by Crippen LogP contribution is -2.49. The molecule has 0 aromatic heterocycles. The number of halogens is 2. The number of nitrogens with zero attached hydrogens (tertiary/aromatic N) is 4. The topological polar surface area (TPSA) is 129 Å². The molecule has 0 saturated carbocycles. The van der Waals surface area contributed by atoms with Gasteiger partial charge < -0.3 is 19.9 Å². The van der Waals surface area contributed by atoms with Crippen LogP contribution in [0.3, 0.4) is 0 Å². The lowest BCUT2D eigenvalue weighted by Gasteiger charge is -2.31. The number of ether oxygens (including phenoxy) is 2. The Morgan fingerprint density at radius 3 is 2.52 bits per heavy atom. The Hall–Kier alpha value is -5.25. The van der Waals surface area contributed by atoms with Crippen molar-refractivity contribution in [2.24, 2.45) is 10.1 Å². The molecule has 1 amide bonds. The number of carbonyl (C=O) groups is 1. The summed E-state index contributed by atoms with van der Waals surface area (Å²) in [5, 5.41) is 15.7. The number of azide groups is 1. The fourth-order valence-corrected chi connectivity index (χ4v) is 5.01. The first-order valence-corrected chi connectivity index (χ1v) is 13.9. The summed E-state index contributed by atoms with van der Waals surface area (Å²) in [5.41, 5.74) is 9.80. The molecule has 9 nitrogen and oxygen atoms in total. The molecule has 1 aliphatic rings. The van der Waals surface area contributed by atoms with Crippen LogP contribution in [0.5, 0.6) is 5.75 Å². The van der Waals surface area contributed by atoms with Crippen molar-refractivity contribution in [3.8, 4) is 5.75 Å². The highest BCUT2D eigenvalue weighted by Crippen LogP contribution is 2.45. The molecule has 0 spiro atoms. The van der Waals surface area contributed by atoms with Crippen LogP contribution < -0.4 is 10.1 Å². The first kappa shape index (κ1) is 30.2. The van der Waals surface area contributed by atoms with E-state index in [1.807, 2.05) is 30.3 Å². The van der Waals surface area contributed by atoms with E-state index >= 15 is 0 Å². The largest absolute Gasteiger partial charge is 0.494 e. The van der Waals surface area contributed by atoms with E-state index in [2.05, 4.69) is 15.3 Å². The molecule has 0 saturated heterocycles. The third-order valence-corrected chi connectivity index (χ3v) is 7.17. The Morgan fingerprint density at radius 1 is 1.05 bits per heavy atom. The third-order valence-electron chi connectivity index (χ3n) is 7.17. The summed E-state index contributed by atoms with van der Waals surface area (Å²) < 4.78 is 40.1. The van der Waals surface area contributed by atoms with Gasteiger partial charge in [-0.05, 0) is 41.4 Å². The Kier molecular flexibility index (Phi) is 9.49. The molecule has 5 rings (SSSR count). The fourth-order valence-electron chi connectivity index (χ4n) is 5.01. The first-order chi connectivity index (χ1) is 21.4. The van der Waals surface area contributed by atoms with Crippen LogP contribution in [0.1, 0.15) is 34.8 Å². The molecular formula is C33H29F2N5O4. The van der Waals surface area contributed by atoms with Gasteiger partial charge >= 0.3 is 0 Å². The normalized spacial score (nSPS) is 17.2. The maximum absolute atomic E-state index is 14.5. The van der Waals surface area contributed by atoms with Gasteiger partial charge in [0, 0.05) is 59.3 Å². The predicted molar refractivity (Wildman–Crippen MR) is 160 cm³/mol. The second kappa shape index (κ2) is 13.8. The number of benzene rings is 4. The van der Waals surface area contributed by atoms with Crippen molar-refractivity contribution < 1.29 is 28.2 Å². The van der Waals surface area contributed by atoms with Gasteiger partial charge in [0.05, 0.1) is 6.61 Å². The number of hydrogen-bond donors (Lipinski definition) is 2. The van der Waals surface area contributed by atoms with Gasteiger partial charge in [0.1, 0.15) is 17.4 Å². The van der Waals surface area contributed by atoms with E-state index in [1.165, 1.54) is 6.07 Å². The van der Waals surface area contributed by atoms with Crippen LogP contribution in [-0.4, -0.2) is 35.7 Å². The van der Waals surface area contributed by atoms with Crippen molar-refractivity contribution in [1.29, 1.82) is 0 Å². The minimum Gasteiger partial charge on any atom is -0.494 e. The molecule has 4 aromatic carbocycles. The molecular weight excluding hydrogens is 568 g/mol. The summed E-state index contributed by atoms with van der Waals surface area (Å²) in [4.78, 5) is 22.2. The molecule has 0 bridgehead atoms. The van der Waals surface area contributed by atoms with Crippen LogP contribution in [-0.2, 0) is 22.5 Å². The van der Waals surface area contributed by atoms with E-state index in [0.717, 1.165) is 17.7 Å². The number of nitrogens with one attached hydrogen (secondary N) is 1. The van der Waals surface area contributed by atoms with Gasteiger partial charge in [0.25, 0.3) is 5.91 Å². The van der Waals surface area contributed by atoms with Crippen molar-refractivity contribution in [3.63, 3.8) is 0 Å². The van der Waals surface area contributed by atoms with Gasteiger partial charge in [-0.15, -0.1) is 0 Å². The molecule has 0 aliphatic carbocycles. The summed E-state index contributed by atoms with van der Waals surface area (Å²) in [6.07, 6.45) is -0.465. The molecule has 0 fully saturated rings. The molecule has 44 heavy (non-hydrogen) atoms. The number of hydrogen-bond acceptors (Lipinski definition) is 6. The Balaban J connectivity index is 1.59. The summed E-state index contributed by atoms with van der Waals surface area (Å²) in [7, 11) is 0. The van der Waals surface area contributed by atoms with E-state index in [9.17, 15) is 19.1 Å². The maximum Gasteiger partial charge on any atom is 0.252 e. The summed E-state index contributed by atoms with van der Waals surface area (Å²) in [5.74, 6) is -1.32. The number of aliphatic hydroxyl groups excluding tert-OH is 1. The number of amides is 1. The summed E-state index contributed by atoms with van der Waals surface area (Å²) >= 11 is 0. The Morgan fingerprint density at radius 2 is 1.80 bits per heavy atom. The smallest absolute Gasteiger partial charge is 0.252 e. The van der Waals surface area contributed by atoms with Crippen LogP contribution in [0.4, 0.5) is 14.5 Å². The summed E-state index contributed by atoms with van der Waals surface area (Å²) in [6, 6.07) is 26.1. The minimum atomic E-state index is -1.62. The molecule has 1 heterocycles. The number of carbonyl (C=O) groups excluding carboxylic acids is 1. The monoisotopic (exact) mass is 597 g/mol. The average Bonchev–Trinajstić information content (AvgIpc) is 3.42. The van der Waals surface area contributed by atoms with E-state index in [4.69, 9.17) is 19.6 Å². The Labute approximate surface area is 252 Å². The third kappa shape index (κ3) is 6.70. The van der Waals surface area contributed by atoms with Gasteiger partial charge in [0.15, 0.2) is 11.6 Å². The van der Waals surface area contributed by atoms with Gasteiger partial charge in [-0.2, -0.15) is 0 Å². The number of aliphatic imine (C=N–C) groups is 1. The molecule has 0 unspecified atom stereocenters. The van der Waals surface area contributed by atoms with E-state index in [-0.39, 0.29) is 36.7 Å². The second-order valence-corrected chi connectivity index (χ2v) is 10.1. The lowest BCUT2D eigenvalue weighted by molar-refractivity contribution is -0.129. The molecule has 4 aromatic rings. The number of rotatable bonds is 12. The fraction of sp³-hybridized carbons (Fsp3) is 0.212. The Bertz CT molecular complexity index is 1690. The SMILES string of the molecule is [N-]=[N+]=Nc1ccccc1[C@H]1OC(c2ccc(OCCCO)cc2)=N[C@@]1(Cc1ccccc1)C(=O)NCc1ccc(F)cc1F. The quantitative estimate of drug-likeness (QED) is 0.0838. The van der Waals surface area contributed by atoms with E-state index < -0.39 is 29.2 Å². The standard InChI is InChI=1S/C33H29F2N5O4/c34-25-14-11-24(28(35)19-25)21-37-32(42)33(20-22-7-2-1-3-8-22)30(27-9-4-5-10-29(27)39-40-36)44-31(38-33)23-12-15-26(16-13-23)43-18-6-17-41/h1-5,7-16,19,30,41H,6,17-18,20-21H2,(H,37,42)/t30-,33-/m1/s1. The lowest BCUT2D eigenvalue weighted by atomic mass is 9.81. The van der Waals surface area contributed by atoms with Gasteiger partial charge in [-0.25, -0.2) is 13.8 Å². The molecule has 11 heteroatoms. The van der Waals surface area contributed by atoms with E-state index in [1.54, 1.807) is 48.5 Å². The zero-order valence-electron chi connectivity index (χ0n) is 23.6.